The van der Waals surface area contributed by atoms with Crippen molar-refractivity contribution >= 4 is 40.7 Å². The largest absolute Gasteiger partial charge is 0.484 e. The van der Waals surface area contributed by atoms with Crippen LogP contribution in [0, 0.1) is 0 Å². The van der Waals surface area contributed by atoms with Crippen molar-refractivity contribution in [1.29, 1.82) is 0 Å². The number of hydrogen-bond donors (Lipinski definition) is 1. The number of thioether (sulfide) groups is 1. The monoisotopic (exact) mass is 468 g/mol. The van der Waals surface area contributed by atoms with E-state index in [4.69, 9.17) is 14.2 Å². The first-order valence-corrected chi connectivity index (χ1v) is 10.9. The minimum absolute atomic E-state index is 0.0364. The molecule has 0 spiro atoms. The number of ether oxygens (including phenoxy) is 3. The molecule has 2 aliphatic heterocycles. The Labute approximate surface area is 193 Å². The molecule has 2 aromatic rings. The van der Waals surface area contributed by atoms with E-state index in [-0.39, 0.29) is 32.3 Å². The molecule has 2 aliphatic rings. The molecular weight excluding hydrogens is 448 g/mol. The van der Waals surface area contributed by atoms with Crippen LogP contribution in [0.25, 0.3) is 6.08 Å². The van der Waals surface area contributed by atoms with Gasteiger partial charge in [0.25, 0.3) is 17.1 Å². The molecule has 3 amide bonds. The van der Waals surface area contributed by atoms with Gasteiger partial charge >= 0.3 is 0 Å². The molecular formula is C23H20N2O7S. The van der Waals surface area contributed by atoms with Gasteiger partial charge < -0.3 is 19.5 Å². The first kappa shape index (κ1) is 22.4. The maximum absolute atomic E-state index is 12.6. The van der Waals surface area contributed by atoms with Crippen LogP contribution in [0.3, 0.4) is 0 Å². The van der Waals surface area contributed by atoms with Crippen LogP contribution in [-0.2, 0) is 9.59 Å². The molecule has 0 aliphatic carbocycles. The fraction of sp³-hybridized carbons (Fsp3) is 0.217. The number of imide groups is 1. The lowest BCUT2D eigenvalue weighted by Gasteiger charge is -2.13. The zero-order chi connectivity index (χ0) is 23.4. The molecule has 1 fully saturated rings. The summed E-state index contributed by atoms with van der Waals surface area (Å²) >= 11 is 0.841. The Morgan fingerprint density at radius 3 is 2.79 bits per heavy atom. The smallest absolute Gasteiger partial charge is 0.293 e. The van der Waals surface area contributed by atoms with Gasteiger partial charge in [-0.15, -0.1) is 0 Å². The Morgan fingerprint density at radius 1 is 1.15 bits per heavy atom. The molecule has 33 heavy (non-hydrogen) atoms. The Bertz CT molecular complexity index is 1160. The van der Waals surface area contributed by atoms with Crippen molar-refractivity contribution in [2.45, 2.75) is 6.92 Å². The molecule has 0 radical (unpaired) electrons. The lowest BCUT2D eigenvalue weighted by atomic mass is 10.1. The van der Waals surface area contributed by atoms with Crippen molar-refractivity contribution in [3.05, 3.63) is 58.5 Å². The summed E-state index contributed by atoms with van der Waals surface area (Å²) in [5.74, 6) is 0.680. The summed E-state index contributed by atoms with van der Waals surface area (Å²) < 4.78 is 16.0. The molecule has 0 atom stereocenters. The van der Waals surface area contributed by atoms with Gasteiger partial charge in [-0.3, -0.25) is 24.1 Å². The molecule has 0 unspecified atom stereocenters. The Balaban J connectivity index is 1.27. The van der Waals surface area contributed by atoms with Gasteiger partial charge in [-0.1, -0.05) is 18.2 Å². The average molecular weight is 468 g/mol. The second kappa shape index (κ2) is 9.78. The molecule has 10 heteroatoms. The summed E-state index contributed by atoms with van der Waals surface area (Å²) in [6.07, 6.45) is 1.62. The van der Waals surface area contributed by atoms with E-state index in [9.17, 15) is 19.2 Å². The molecule has 2 aromatic carbocycles. The molecule has 9 nitrogen and oxygen atoms in total. The third-order valence-corrected chi connectivity index (χ3v) is 5.74. The highest BCUT2D eigenvalue weighted by Crippen LogP contribution is 2.36. The van der Waals surface area contributed by atoms with Gasteiger partial charge in [0.05, 0.1) is 4.91 Å². The van der Waals surface area contributed by atoms with Gasteiger partial charge in [0, 0.05) is 18.7 Å². The lowest BCUT2D eigenvalue weighted by molar-refractivity contribution is -0.125. The van der Waals surface area contributed by atoms with Crippen molar-refractivity contribution in [3.8, 4) is 17.2 Å². The topological polar surface area (TPSA) is 111 Å². The van der Waals surface area contributed by atoms with E-state index in [0.717, 1.165) is 16.7 Å². The molecule has 0 saturated carbocycles. The van der Waals surface area contributed by atoms with Gasteiger partial charge in [-0.2, -0.15) is 0 Å². The quantitative estimate of drug-likeness (QED) is 0.465. The van der Waals surface area contributed by atoms with Crippen LogP contribution < -0.4 is 19.5 Å². The third kappa shape index (κ3) is 5.35. The van der Waals surface area contributed by atoms with Crippen molar-refractivity contribution in [2.75, 3.05) is 26.5 Å². The number of ketones is 1. The minimum Gasteiger partial charge on any atom is -0.484 e. The minimum atomic E-state index is -0.422. The fourth-order valence-corrected chi connectivity index (χ4v) is 4.02. The molecule has 2 heterocycles. The predicted octanol–water partition coefficient (Wildman–Crippen LogP) is 2.85. The average Bonchev–Trinajstić information content (AvgIpc) is 3.37. The second-order valence-corrected chi connectivity index (χ2v) is 8.16. The molecule has 0 bridgehead atoms. The SMILES string of the molecule is CC(=O)c1cccc(OCC(=O)NCCN2C(=O)S/C(=C\c3ccc4c(c3)OCO4)C2=O)c1. The Kier molecular flexibility index (Phi) is 6.64. The molecule has 1 saturated heterocycles. The summed E-state index contributed by atoms with van der Waals surface area (Å²) in [4.78, 5) is 49.7. The van der Waals surface area contributed by atoms with E-state index < -0.39 is 17.1 Å². The zero-order valence-electron chi connectivity index (χ0n) is 17.7. The number of amides is 3. The Hall–Kier alpha value is -3.79. The zero-order valence-corrected chi connectivity index (χ0v) is 18.5. The van der Waals surface area contributed by atoms with Crippen molar-refractivity contribution in [1.82, 2.24) is 10.2 Å². The summed E-state index contributed by atoms with van der Waals surface area (Å²) in [5, 5.41) is 2.21. The van der Waals surface area contributed by atoms with Crippen LogP contribution in [0.4, 0.5) is 4.79 Å². The normalized spacial score (nSPS) is 15.8. The van der Waals surface area contributed by atoms with E-state index in [0.29, 0.717) is 33.3 Å². The number of Topliss-reactive ketones (excluding diaryl/α,β-unsaturated/α-hetero) is 1. The van der Waals surface area contributed by atoms with E-state index >= 15 is 0 Å². The summed E-state index contributed by atoms with van der Waals surface area (Å²) in [6, 6.07) is 11.8. The molecule has 0 aromatic heterocycles. The van der Waals surface area contributed by atoms with Crippen LogP contribution in [-0.4, -0.2) is 54.2 Å². The number of fused-ring (bicyclic) bond motifs is 1. The maximum atomic E-state index is 12.6. The van der Waals surface area contributed by atoms with Gasteiger partial charge in [0.15, 0.2) is 23.9 Å². The van der Waals surface area contributed by atoms with Crippen LogP contribution in [0.5, 0.6) is 17.2 Å². The summed E-state index contributed by atoms with van der Waals surface area (Å²) in [7, 11) is 0. The van der Waals surface area contributed by atoms with Gasteiger partial charge in [-0.25, -0.2) is 0 Å². The van der Waals surface area contributed by atoms with Crippen LogP contribution >= 0.6 is 11.8 Å². The molecule has 1 N–H and O–H groups in total. The van der Waals surface area contributed by atoms with E-state index in [1.54, 1.807) is 48.5 Å². The number of hydrogen-bond acceptors (Lipinski definition) is 8. The second-order valence-electron chi connectivity index (χ2n) is 7.17. The standard InChI is InChI=1S/C23H20N2O7S/c1-14(26)16-3-2-4-17(11-16)30-12-21(27)24-7-8-25-22(28)20(33-23(25)29)10-15-5-6-18-19(9-15)32-13-31-18/h2-6,9-11H,7-8,12-13H2,1H3,(H,24,27)/b20-10-. The van der Waals surface area contributed by atoms with Crippen molar-refractivity contribution in [3.63, 3.8) is 0 Å². The lowest BCUT2D eigenvalue weighted by Crippen LogP contribution is -2.38. The highest BCUT2D eigenvalue weighted by Gasteiger charge is 2.34. The van der Waals surface area contributed by atoms with Crippen LogP contribution in [0.1, 0.15) is 22.8 Å². The van der Waals surface area contributed by atoms with Crippen LogP contribution in [0.15, 0.2) is 47.4 Å². The Morgan fingerprint density at radius 2 is 1.97 bits per heavy atom. The van der Waals surface area contributed by atoms with Gasteiger partial charge in [0.2, 0.25) is 6.79 Å². The highest BCUT2D eigenvalue weighted by atomic mass is 32.2. The number of carbonyl (C=O) groups is 4. The molecule has 4 rings (SSSR count). The number of nitrogens with zero attached hydrogens (tertiary/aromatic N) is 1. The van der Waals surface area contributed by atoms with Crippen molar-refractivity contribution < 1.29 is 33.4 Å². The fourth-order valence-electron chi connectivity index (χ4n) is 3.16. The number of rotatable bonds is 8. The first-order valence-electron chi connectivity index (χ1n) is 10.1. The third-order valence-electron chi connectivity index (χ3n) is 4.84. The number of carbonyl (C=O) groups excluding carboxylic acids is 4. The van der Waals surface area contributed by atoms with Gasteiger partial charge in [0.1, 0.15) is 5.75 Å². The van der Waals surface area contributed by atoms with Crippen LogP contribution in [0.2, 0.25) is 0 Å². The predicted molar refractivity (Wildman–Crippen MR) is 120 cm³/mol. The highest BCUT2D eigenvalue weighted by molar-refractivity contribution is 8.18. The summed E-state index contributed by atoms with van der Waals surface area (Å²) in [5.41, 5.74) is 1.20. The van der Waals surface area contributed by atoms with E-state index in [1.165, 1.54) is 6.92 Å². The maximum Gasteiger partial charge on any atom is 0.293 e. The van der Waals surface area contributed by atoms with E-state index in [1.807, 2.05) is 0 Å². The van der Waals surface area contributed by atoms with Gasteiger partial charge in [-0.05, 0) is 54.6 Å². The van der Waals surface area contributed by atoms with Crippen molar-refractivity contribution in [2.24, 2.45) is 0 Å². The molecule has 170 valence electrons. The number of benzene rings is 2. The van der Waals surface area contributed by atoms with E-state index in [2.05, 4.69) is 5.32 Å². The first-order chi connectivity index (χ1) is 15.9. The summed E-state index contributed by atoms with van der Waals surface area (Å²) in [6.45, 7) is 1.46. The number of nitrogens with one attached hydrogen (secondary N) is 1.